The molecule has 4 heteroatoms. The van der Waals surface area contributed by atoms with Crippen LogP contribution in [0.3, 0.4) is 0 Å². The number of hydrogen-bond donors (Lipinski definition) is 1. The van der Waals surface area contributed by atoms with E-state index in [1.165, 1.54) is 5.56 Å². The Kier molecular flexibility index (Phi) is 5.95. The van der Waals surface area contributed by atoms with E-state index in [1.807, 2.05) is 6.20 Å². The molecule has 2 atom stereocenters. The lowest BCUT2D eigenvalue weighted by atomic mass is 10.0. The van der Waals surface area contributed by atoms with Crippen LogP contribution < -0.4 is 5.73 Å². The fourth-order valence-electron chi connectivity index (χ4n) is 1.54. The summed E-state index contributed by atoms with van der Waals surface area (Å²) < 4.78 is 6.20. The zero-order chi connectivity index (χ0) is 12.0. The summed E-state index contributed by atoms with van der Waals surface area (Å²) >= 11 is 3.40. The highest BCUT2D eigenvalue weighted by Gasteiger charge is 2.07. The van der Waals surface area contributed by atoms with Gasteiger partial charge in [-0.3, -0.25) is 4.98 Å². The Balaban J connectivity index is 2.36. The quantitative estimate of drug-likeness (QED) is 0.874. The number of halogens is 1. The summed E-state index contributed by atoms with van der Waals surface area (Å²) in [4.78, 5) is 4.12. The van der Waals surface area contributed by atoms with Gasteiger partial charge in [-0.1, -0.05) is 0 Å². The number of ether oxygens (including phenoxy) is 1. The van der Waals surface area contributed by atoms with E-state index in [9.17, 15) is 0 Å². The number of aromatic nitrogens is 1. The highest BCUT2D eigenvalue weighted by atomic mass is 79.9. The first-order valence-electron chi connectivity index (χ1n) is 5.49. The van der Waals surface area contributed by atoms with Crippen molar-refractivity contribution >= 4 is 15.9 Å². The Labute approximate surface area is 106 Å². The molecule has 90 valence electrons. The van der Waals surface area contributed by atoms with Crippen molar-refractivity contribution in [2.75, 3.05) is 7.11 Å². The second-order valence-corrected chi connectivity index (χ2v) is 5.01. The number of methoxy groups -OCH3 is 1. The van der Waals surface area contributed by atoms with Crippen LogP contribution in [0, 0.1) is 0 Å². The summed E-state index contributed by atoms with van der Waals surface area (Å²) in [6.45, 7) is 2.06. The van der Waals surface area contributed by atoms with Gasteiger partial charge < -0.3 is 10.5 Å². The van der Waals surface area contributed by atoms with E-state index in [-0.39, 0.29) is 12.1 Å². The molecule has 0 fully saturated rings. The third-order valence-electron chi connectivity index (χ3n) is 2.61. The van der Waals surface area contributed by atoms with Gasteiger partial charge >= 0.3 is 0 Å². The SMILES string of the molecule is COC(C)CCC(N)Cc1cncc(Br)c1. The van der Waals surface area contributed by atoms with E-state index in [0.29, 0.717) is 0 Å². The van der Waals surface area contributed by atoms with E-state index in [0.717, 1.165) is 23.7 Å². The highest BCUT2D eigenvalue weighted by Crippen LogP contribution is 2.12. The van der Waals surface area contributed by atoms with Crippen LogP contribution in [0.25, 0.3) is 0 Å². The average Bonchev–Trinajstić information content (AvgIpc) is 2.26. The topological polar surface area (TPSA) is 48.1 Å². The lowest BCUT2D eigenvalue weighted by molar-refractivity contribution is 0.107. The van der Waals surface area contributed by atoms with Gasteiger partial charge in [0.25, 0.3) is 0 Å². The Morgan fingerprint density at radius 3 is 2.81 bits per heavy atom. The standard InChI is InChI=1S/C12H19BrN2O/c1-9(16-2)3-4-12(14)6-10-5-11(13)8-15-7-10/h5,7-9,12H,3-4,6,14H2,1-2H3. The van der Waals surface area contributed by atoms with Crippen molar-refractivity contribution in [1.82, 2.24) is 4.98 Å². The summed E-state index contributed by atoms with van der Waals surface area (Å²) in [5, 5.41) is 0. The smallest absolute Gasteiger partial charge is 0.0543 e. The van der Waals surface area contributed by atoms with E-state index < -0.39 is 0 Å². The van der Waals surface area contributed by atoms with Gasteiger partial charge in [-0.15, -0.1) is 0 Å². The average molecular weight is 287 g/mol. The molecule has 0 saturated heterocycles. The highest BCUT2D eigenvalue weighted by molar-refractivity contribution is 9.10. The molecule has 3 nitrogen and oxygen atoms in total. The van der Waals surface area contributed by atoms with Crippen LogP contribution in [0.2, 0.25) is 0 Å². The number of pyridine rings is 1. The monoisotopic (exact) mass is 286 g/mol. The first kappa shape index (κ1) is 13.6. The fourth-order valence-corrected chi connectivity index (χ4v) is 1.95. The Bertz CT molecular complexity index is 320. The second kappa shape index (κ2) is 6.99. The minimum Gasteiger partial charge on any atom is -0.382 e. The zero-order valence-electron chi connectivity index (χ0n) is 9.82. The van der Waals surface area contributed by atoms with Crippen LogP contribution in [0.4, 0.5) is 0 Å². The van der Waals surface area contributed by atoms with Crippen LogP contribution in [-0.2, 0) is 11.2 Å². The third-order valence-corrected chi connectivity index (χ3v) is 3.04. The first-order chi connectivity index (χ1) is 7.61. The van der Waals surface area contributed by atoms with Crippen LogP contribution in [0.1, 0.15) is 25.3 Å². The van der Waals surface area contributed by atoms with Gasteiger partial charge in [0.15, 0.2) is 0 Å². The van der Waals surface area contributed by atoms with Crippen molar-refractivity contribution in [3.63, 3.8) is 0 Å². The van der Waals surface area contributed by atoms with Gasteiger partial charge in [0, 0.05) is 30.0 Å². The summed E-state index contributed by atoms with van der Waals surface area (Å²) in [5.74, 6) is 0. The molecule has 2 N–H and O–H groups in total. The van der Waals surface area contributed by atoms with Crippen molar-refractivity contribution in [2.24, 2.45) is 5.73 Å². The van der Waals surface area contributed by atoms with Crippen LogP contribution in [0.5, 0.6) is 0 Å². The molecule has 1 aromatic heterocycles. The van der Waals surface area contributed by atoms with Crippen LogP contribution in [0.15, 0.2) is 22.9 Å². The van der Waals surface area contributed by atoms with Crippen molar-refractivity contribution in [3.05, 3.63) is 28.5 Å². The van der Waals surface area contributed by atoms with Gasteiger partial charge in [0.2, 0.25) is 0 Å². The van der Waals surface area contributed by atoms with Crippen LogP contribution in [-0.4, -0.2) is 24.2 Å². The molecule has 0 aliphatic rings. The Morgan fingerprint density at radius 1 is 1.44 bits per heavy atom. The summed E-state index contributed by atoms with van der Waals surface area (Å²) in [6, 6.07) is 2.24. The molecular weight excluding hydrogens is 268 g/mol. The number of nitrogens with zero attached hydrogens (tertiary/aromatic N) is 1. The van der Waals surface area contributed by atoms with Crippen molar-refractivity contribution in [2.45, 2.75) is 38.3 Å². The summed E-state index contributed by atoms with van der Waals surface area (Å²) in [6.07, 6.45) is 6.77. The van der Waals surface area contributed by atoms with Gasteiger partial charge in [0.05, 0.1) is 6.10 Å². The molecule has 0 amide bonds. The molecule has 0 spiro atoms. The molecule has 1 rings (SSSR count). The lowest BCUT2D eigenvalue weighted by Gasteiger charge is -2.14. The maximum atomic E-state index is 6.06. The Morgan fingerprint density at radius 2 is 2.19 bits per heavy atom. The molecule has 0 aromatic carbocycles. The third kappa shape index (κ3) is 5.05. The second-order valence-electron chi connectivity index (χ2n) is 4.10. The molecule has 2 unspecified atom stereocenters. The predicted octanol–water partition coefficient (Wildman–Crippen LogP) is 2.53. The lowest BCUT2D eigenvalue weighted by Crippen LogP contribution is -2.24. The van der Waals surface area contributed by atoms with Gasteiger partial charge in [-0.25, -0.2) is 0 Å². The van der Waals surface area contributed by atoms with Gasteiger partial charge in [0.1, 0.15) is 0 Å². The van der Waals surface area contributed by atoms with Gasteiger partial charge in [-0.2, -0.15) is 0 Å². The minimum absolute atomic E-state index is 0.175. The largest absolute Gasteiger partial charge is 0.382 e. The number of nitrogens with two attached hydrogens (primary N) is 1. The molecular formula is C12H19BrN2O. The van der Waals surface area contributed by atoms with E-state index >= 15 is 0 Å². The molecule has 1 heterocycles. The normalized spacial score (nSPS) is 14.8. The van der Waals surface area contributed by atoms with Crippen LogP contribution >= 0.6 is 15.9 Å². The van der Waals surface area contributed by atoms with E-state index in [2.05, 4.69) is 33.9 Å². The van der Waals surface area contributed by atoms with Crippen molar-refractivity contribution in [1.29, 1.82) is 0 Å². The van der Waals surface area contributed by atoms with E-state index in [1.54, 1.807) is 13.3 Å². The van der Waals surface area contributed by atoms with Crippen molar-refractivity contribution < 1.29 is 4.74 Å². The van der Waals surface area contributed by atoms with Gasteiger partial charge in [-0.05, 0) is 53.7 Å². The maximum absolute atomic E-state index is 6.06. The molecule has 0 aliphatic carbocycles. The predicted molar refractivity (Wildman–Crippen MR) is 69.3 cm³/mol. The Hall–Kier alpha value is -0.450. The van der Waals surface area contributed by atoms with E-state index in [4.69, 9.17) is 10.5 Å². The molecule has 0 saturated carbocycles. The first-order valence-corrected chi connectivity index (χ1v) is 6.29. The molecule has 0 radical (unpaired) electrons. The number of rotatable bonds is 6. The molecule has 16 heavy (non-hydrogen) atoms. The zero-order valence-corrected chi connectivity index (χ0v) is 11.4. The summed E-state index contributed by atoms with van der Waals surface area (Å²) in [5.41, 5.74) is 7.23. The maximum Gasteiger partial charge on any atom is 0.0543 e. The molecule has 0 bridgehead atoms. The fraction of sp³-hybridized carbons (Fsp3) is 0.583. The van der Waals surface area contributed by atoms with Crippen molar-refractivity contribution in [3.8, 4) is 0 Å². The minimum atomic E-state index is 0.175. The molecule has 0 aliphatic heterocycles. The number of hydrogen-bond acceptors (Lipinski definition) is 3. The summed E-state index contributed by atoms with van der Waals surface area (Å²) in [7, 11) is 1.73. The molecule has 1 aromatic rings.